The Hall–Kier alpha value is -3.79. The number of carbonyl (C=O) groups is 1. The van der Waals surface area contributed by atoms with Gasteiger partial charge in [0.05, 0.1) is 16.7 Å². The van der Waals surface area contributed by atoms with E-state index in [0.717, 1.165) is 11.8 Å². The van der Waals surface area contributed by atoms with Crippen LogP contribution in [-0.4, -0.2) is 25.4 Å². The summed E-state index contributed by atoms with van der Waals surface area (Å²) in [4.78, 5) is 28.3. The molecule has 0 unspecified atom stereocenters. The number of hydrogen-bond donors (Lipinski definition) is 1. The number of benzene rings is 2. The van der Waals surface area contributed by atoms with E-state index >= 15 is 0 Å². The summed E-state index contributed by atoms with van der Waals surface area (Å²) in [5.74, 6) is -0.691. The first-order valence-electron chi connectivity index (χ1n) is 8.34. The van der Waals surface area contributed by atoms with Crippen molar-refractivity contribution >= 4 is 34.8 Å². The van der Waals surface area contributed by atoms with Gasteiger partial charge in [0, 0.05) is 34.2 Å². The molecule has 2 heterocycles. The van der Waals surface area contributed by atoms with Gasteiger partial charge in [0.25, 0.3) is 11.6 Å². The molecule has 144 valence electrons. The summed E-state index contributed by atoms with van der Waals surface area (Å²) >= 11 is 1.01. The molecule has 0 bridgehead atoms. The highest BCUT2D eigenvalue weighted by molar-refractivity contribution is 7.99. The second kappa shape index (κ2) is 7.68. The fourth-order valence-electron chi connectivity index (χ4n) is 2.66. The number of nitrogens with zero attached hydrogens (tertiary/aromatic N) is 4. The maximum absolute atomic E-state index is 14.1. The van der Waals surface area contributed by atoms with Gasteiger partial charge in [-0.05, 0) is 24.3 Å². The number of hydrogen-bond acceptors (Lipinski definition) is 6. The number of rotatable bonds is 5. The predicted octanol–water partition coefficient (Wildman–Crippen LogP) is 4.18. The van der Waals surface area contributed by atoms with Gasteiger partial charge in [0.15, 0.2) is 5.65 Å². The third-order valence-corrected chi connectivity index (χ3v) is 5.13. The summed E-state index contributed by atoms with van der Waals surface area (Å²) in [6.07, 6.45) is 3.04. The SMILES string of the molecule is O=C(Nc1ccnc2ccnn12)c1cc([N+](=O)[O-])ccc1Sc1ccccc1F. The second-order valence-electron chi connectivity index (χ2n) is 5.86. The Morgan fingerprint density at radius 1 is 1.10 bits per heavy atom. The molecule has 0 saturated heterocycles. The molecular weight excluding hydrogens is 397 g/mol. The van der Waals surface area contributed by atoms with Gasteiger partial charge in [-0.1, -0.05) is 23.9 Å². The van der Waals surface area contributed by atoms with E-state index in [9.17, 15) is 19.3 Å². The van der Waals surface area contributed by atoms with E-state index in [2.05, 4.69) is 15.4 Å². The first-order valence-corrected chi connectivity index (χ1v) is 9.15. The van der Waals surface area contributed by atoms with Crippen molar-refractivity contribution in [2.75, 3.05) is 5.32 Å². The van der Waals surface area contributed by atoms with Crippen LogP contribution in [0.4, 0.5) is 15.9 Å². The van der Waals surface area contributed by atoms with Gasteiger partial charge < -0.3 is 5.32 Å². The van der Waals surface area contributed by atoms with Crippen LogP contribution in [0.15, 0.2) is 76.8 Å². The highest BCUT2D eigenvalue weighted by Crippen LogP contribution is 2.34. The van der Waals surface area contributed by atoms with E-state index < -0.39 is 16.6 Å². The van der Waals surface area contributed by atoms with Crippen molar-refractivity contribution < 1.29 is 14.1 Å². The number of carbonyl (C=O) groups excluding carboxylic acids is 1. The number of nitro benzene ring substituents is 1. The highest BCUT2D eigenvalue weighted by atomic mass is 32.2. The van der Waals surface area contributed by atoms with Crippen molar-refractivity contribution in [2.45, 2.75) is 9.79 Å². The molecule has 0 saturated carbocycles. The number of nitro groups is 1. The molecule has 4 aromatic rings. The van der Waals surface area contributed by atoms with Crippen molar-refractivity contribution in [3.8, 4) is 0 Å². The molecular formula is C19H12FN5O3S. The minimum atomic E-state index is -0.591. The fraction of sp³-hybridized carbons (Fsp3) is 0. The summed E-state index contributed by atoms with van der Waals surface area (Å²) in [6.45, 7) is 0. The van der Waals surface area contributed by atoms with Crippen LogP contribution in [0.1, 0.15) is 10.4 Å². The van der Waals surface area contributed by atoms with E-state index in [1.165, 1.54) is 41.2 Å². The molecule has 0 fully saturated rings. The van der Waals surface area contributed by atoms with Gasteiger partial charge in [-0.15, -0.1) is 0 Å². The van der Waals surface area contributed by atoms with E-state index in [1.54, 1.807) is 30.3 Å². The number of non-ortho nitro benzene ring substituents is 1. The molecule has 10 heteroatoms. The van der Waals surface area contributed by atoms with Crippen LogP contribution in [0.25, 0.3) is 5.65 Å². The van der Waals surface area contributed by atoms with Crippen molar-refractivity contribution in [1.29, 1.82) is 0 Å². The van der Waals surface area contributed by atoms with Crippen LogP contribution in [0.2, 0.25) is 0 Å². The molecule has 0 aliphatic carbocycles. The number of halogens is 1. The maximum Gasteiger partial charge on any atom is 0.270 e. The zero-order valence-electron chi connectivity index (χ0n) is 14.7. The normalized spacial score (nSPS) is 10.8. The number of nitrogens with one attached hydrogen (secondary N) is 1. The van der Waals surface area contributed by atoms with Crippen LogP contribution in [0, 0.1) is 15.9 Å². The van der Waals surface area contributed by atoms with Gasteiger partial charge in [-0.2, -0.15) is 9.61 Å². The summed E-state index contributed by atoms with van der Waals surface area (Å²) in [6, 6.07) is 13.2. The van der Waals surface area contributed by atoms with Gasteiger partial charge in [-0.25, -0.2) is 9.37 Å². The predicted molar refractivity (Wildman–Crippen MR) is 105 cm³/mol. The van der Waals surface area contributed by atoms with Gasteiger partial charge in [-0.3, -0.25) is 14.9 Å². The molecule has 2 aromatic carbocycles. The summed E-state index contributed by atoms with van der Waals surface area (Å²) in [5, 5.41) is 18.0. The molecule has 1 amide bonds. The minimum Gasteiger partial charge on any atom is -0.306 e. The van der Waals surface area contributed by atoms with E-state index in [1.807, 2.05) is 0 Å². The quantitative estimate of drug-likeness (QED) is 0.392. The van der Waals surface area contributed by atoms with Crippen molar-refractivity contribution in [3.63, 3.8) is 0 Å². The van der Waals surface area contributed by atoms with E-state index in [-0.39, 0.29) is 11.3 Å². The van der Waals surface area contributed by atoms with E-state index in [4.69, 9.17) is 0 Å². The standard InChI is InChI=1S/C19H12FN5O3S/c20-14-3-1-2-4-16(14)29-15-6-5-12(25(27)28)11-13(15)19(26)23-18-7-9-21-17-8-10-22-24(17)18/h1-11H,(H,23,26). The molecule has 8 nitrogen and oxygen atoms in total. The monoisotopic (exact) mass is 409 g/mol. The van der Waals surface area contributed by atoms with Crippen LogP contribution in [-0.2, 0) is 0 Å². The average Bonchev–Trinajstić information content (AvgIpc) is 3.19. The Balaban J connectivity index is 1.73. The van der Waals surface area contributed by atoms with E-state index in [0.29, 0.717) is 21.3 Å². The van der Waals surface area contributed by atoms with Gasteiger partial charge in [0.2, 0.25) is 0 Å². The second-order valence-corrected chi connectivity index (χ2v) is 6.94. The molecule has 0 spiro atoms. The first kappa shape index (κ1) is 18.6. The maximum atomic E-state index is 14.1. The Bertz CT molecular complexity index is 1240. The summed E-state index contributed by atoms with van der Waals surface area (Å²) in [5.41, 5.74) is 0.333. The lowest BCUT2D eigenvalue weighted by Crippen LogP contribution is -2.16. The molecule has 4 rings (SSSR count). The Morgan fingerprint density at radius 2 is 1.93 bits per heavy atom. The first-order chi connectivity index (χ1) is 14.0. The van der Waals surface area contributed by atoms with Crippen molar-refractivity contribution in [1.82, 2.24) is 14.6 Å². The Kier molecular flexibility index (Phi) is 4.92. The lowest BCUT2D eigenvalue weighted by Gasteiger charge is -2.11. The lowest BCUT2D eigenvalue weighted by atomic mass is 10.2. The number of amides is 1. The van der Waals surface area contributed by atoms with Crippen molar-refractivity contribution in [3.05, 3.63) is 88.5 Å². The Labute approximate surface area is 167 Å². The van der Waals surface area contributed by atoms with Crippen LogP contribution >= 0.6 is 11.8 Å². The molecule has 1 N–H and O–H groups in total. The largest absolute Gasteiger partial charge is 0.306 e. The third-order valence-electron chi connectivity index (χ3n) is 4.01. The highest BCUT2D eigenvalue weighted by Gasteiger charge is 2.19. The molecule has 0 aliphatic heterocycles. The minimum absolute atomic E-state index is 0.0459. The molecule has 29 heavy (non-hydrogen) atoms. The molecule has 2 aromatic heterocycles. The summed E-state index contributed by atoms with van der Waals surface area (Å²) < 4.78 is 15.5. The number of aromatic nitrogens is 3. The zero-order chi connectivity index (χ0) is 20.4. The van der Waals surface area contributed by atoms with Gasteiger partial charge in [0.1, 0.15) is 11.6 Å². The van der Waals surface area contributed by atoms with Crippen LogP contribution < -0.4 is 5.32 Å². The summed E-state index contributed by atoms with van der Waals surface area (Å²) in [7, 11) is 0. The average molecular weight is 409 g/mol. The lowest BCUT2D eigenvalue weighted by molar-refractivity contribution is -0.384. The zero-order valence-corrected chi connectivity index (χ0v) is 15.5. The number of anilines is 1. The van der Waals surface area contributed by atoms with Crippen molar-refractivity contribution in [2.24, 2.45) is 0 Å². The molecule has 0 radical (unpaired) electrons. The van der Waals surface area contributed by atoms with Crippen LogP contribution in [0.5, 0.6) is 0 Å². The van der Waals surface area contributed by atoms with Crippen LogP contribution in [0.3, 0.4) is 0 Å². The fourth-order valence-corrected chi connectivity index (χ4v) is 3.60. The molecule has 0 atom stereocenters. The number of fused-ring (bicyclic) bond motifs is 1. The van der Waals surface area contributed by atoms with Gasteiger partial charge >= 0.3 is 0 Å². The molecule has 0 aliphatic rings. The topological polar surface area (TPSA) is 102 Å². The smallest absolute Gasteiger partial charge is 0.270 e. The Morgan fingerprint density at radius 3 is 2.72 bits per heavy atom. The third kappa shape index (κ3) is 3.78.